The highest BCUT2D eigenvalue weighted by Gasteiger charge is 2.09. The van der Waals surface area contributed by atoms with Crippen LogP contribution in [0.5, 0.6) is 0 Å². The number of nitrogens with zero attached hydrogens (tertiary/aromatic N) is 1. The summed E-state index contributed by atoms with van der Waals surface area (Å²) in [6.07, 6.45) is 0. The largest absolute Gasteiger partial charge is 0.344 e. The zero-order valence-corrected chi connectivity index (χ0v) is 12.3. The Balaban J connectivity index is 2.37. The van der Waals surface area contributed by atoms with Gasteiger partial charge >= 0.3 is 0 Å². The number of hydrogen-bond acceptors (Lipinski definition) is 2. The number of hydrogen-bond donors (Lipinski definition) is 1. The fourth-order valence-corrected chi connectivity index (χ4v) is 2.32. The minimum atomic E-state index is 0.770. The lowest BCUT2D eigenvalue weighted by molar-refractivity contribution is 0.816. The molecule has 100 valence electrons. The standard InChI is InChI=1S/C16H19ClN2/c1-12-4-7-15(8-5-12)19(3)16-9-6-14(17)10-13(16)11-18-2/h4-10,18H,11H2,1-3H3. The number of anilines is 2. The van der Waals surface area contributed by atoms with Gasteiger partial charge in [-0.2, -0.15) is 0 Å². The molecule has 3 heteroatoms. The summed E-state index contributed by atoms with van der Waals surface area (Å²) in [7, 11) is 4.02. The minimum absolute atomic E-state index is 0.770. The number of halogens is 1. The molecule has 0 aliphatic heterocycles. The first-order valence-electron chi connectivity index (χ1n) is 6.35. The van der Waals surface area contributed by atoms with Crippen molar-refractivity contribution in [3.63, 3.8) is 0 Å². The molecule has 0 radical (unpaired) electrons. The van der Waals surface area contributed by atoms with Crippen molar-refractivity contribution in [3.05, 3.63) is 58.6 Å². The highest BCUT2D eigenvalue weighted by molar-refractivity contribution is 6.30. The van der Waals surface area contributed by atoms with E-state index in [-0.39, 0.29) is 0 Å². The van der Waals surface area contributed by atoms with E-state index >= 15 is 0 Å². The van der Waals surface area contributed by atoms with E-state index in [1.54, 1.807) is 0 Å². The van der Waals surface area contributed by atoms with Crippen LogP contribution < -0.4 is 10.2 Å². The maximum absolute atomic E-state index is 6.08. The van der Waals surface area contributed by atoms with Crippen LogP contribution in [0, 0.1) is 6.92 Å². The van der Waals surface area contributed by atoms with Crippen molar-refractivity contribution in [1.82, 2.24) is 5.32 Å². The van der Waals surface area contributed by atoms with E-state index < -0.39 is 0 Å². The highest BCUT2D eigenvalue weighted by Crippen LogP contribution is 2.29. The van der Waals surface area contributed by atoms with Gasteiger partial charge in [0, 0.05) is 30.0 Å². The molecular formula is C16H19ClN2. The summed E-state index contributed by atoms with van der Waals surface area (Å²) in [5.74, 6) is 0. The fraction of sp³-hybridized carbons (Fsp3) is 0.250. The zero-order valence-electron chi connectivity index (χ0n) is 11.6. The van der Waals surface area contributed by atoms with Gasteiger partial charge in [-0.3, -0.25) is 0 Å². The summed E-state index contributed by atoms with van der Waals surface area (Å²) in [4.78, 5) is 2.18. The Labute approximate surface area is 120 Å². The molecule has 0 saturated carbocycles. The van der Waals surface area contributed by atoms with Crippen LogP contribution >= 0.6 is 11.6 Å². The summed E-state index contributed by atoms with van der Waals surface area (Å²) < 4.78 is 0. The quantitative estimate of drug-likeness (QED) is 0.902. The van der Waals surface area contributed by atoms with Crippen LogP contribution in [0.4, 0.5) is 11.4 Å². The minimum Gasteiger partial charge on any atom is -0.344 e. The Morgan fingerprint density at radius 1 is 1.11 bits per heavy atom. The zero-order chi connectivity index (χ0) is 13.8. The second-order valence-corrected chi connectivity index (χ2v) is 5.13. The Morgan fingerprint density at radius 3 is 2.42 bits per heavy atom. The molecule has 0 amide bonds. The Morgan fingerprint density at radius 2 is 1.79 bits per heavy atom. The molecule has 0 aromatic heterocycles. The molecule has 0 saturated heterocycles. The van der Waals surface area contributed by atoms with E-state index in [9.17, 15) is 0 Å². The van der Waals surface area contributed by atoms with Crippen molar-refractivity contribution >= 4 is 23.0 Å². The molecule has 0 spiro atoms. The molecule has 0 aliphatic rings. The van der Waals surface area contributed by atoms with E-state index in [0.29, 0.717) is 0 Å². The van der Waals surface area contributed by atoms with Crippen molar-refractivity contribution in [3.8, 4) is 0 Å². The van der Waals surface area contributed by atoms with Crippen LogP contribution in [-0.4, -0.2) is 14.1 Å². The van der Waals surface area contributed by atoms with Crippen molar-refractivity contribution in [2.24, 2.45) is 0 Å². The lowest BCUT2D eigenvalue weighted by Crippen LogP contribution is -2.14. The Kier molecular flexibility index (Phi) is 4.46. The van der Waals surface area contributed by atoms with Gasteiger partial charge in [0.25, 0.3) is 0 Å². The average molecular weight is 275 g/mol. The number of rotatable bonds is 4. The second kappa shape index (κ2) is 6.09. The summed E-state index contributed by atoms with van der Waals surface area (Å²) in [5, 5.41) is 3.95. The van der Waals surface area contributed by atoms with Gasteiger partial charge in [-0.1, -0.05) is 29.3 Å². The van der Waals surface area contributed by atoms with Gasteiger partial charge in [0.05, 0.1) is 0 Å². The van der Waals surface area contributed by atoms with Gasteiger partial charge in [0.2, 0.25) is 0 Å². The fourth-order valence-electron chi connectivity index (χ4n) is 2.12. The van der Waals surface area contributed by atoms with Crippen LogP contribution in [-0.2, 0) is 6.54 Å². The molecular weight excluding hydrogens is 256 g/mol. The molecule has 2 rings (SSSR count). The topological polar surface area (TPSA) is 15.3 Å². The van der Waals surface area contributed by atoms with Gasteiger partial charge in [0.1, 0.15) is 0 Å². The lowest BCUT2D eigenvalue weighted by Gasteiger charge is -2.23. The van der Waals surface area contributed by atoms with E-state index in [1.165, 1.54) is 22.5 Å². The third kappa shape index (κ3) is 3.28. The maximum Gasteiger partial charge on any atom is 0.0454 e. The smallest absolute Gasteiger partial charge is 0.0454 e. The predicted octanol–water partition coefficient (Wildman–Crippen LogP) is 4.14. The van der Waals surface area contributed by atoms with Crippen LogP contribution in [0.15, 0.2) is 42.5 Å². The molecule has 2 aromatic rings. The molecule has 1 N–H and O–H groups in total. The first kappa shape index (κ1) is 13.9. The second-order valence-electron chi connectivity index (χ2n) is 4.70. The molecule has 0 bridgehead atoms. The molecule has 2 aromatic carbocycles. The number of aryl methyl sites for hydroxylation is 1. The Bertz CT molecular complexity index is 549. The third-order valence-electron chi connectivity index (χ3n) is 3.19. The van der Waals surface area contributed by atoms with Crippen LogP contribution in [0.3, 0.4) is 0 Å². The van der Waals surface area contributed by atoms with Gasteiger partial charge in [-0.05, 0) is 49.9 Å². The monoisotopic (exact) mass is 274 g/mol. The predicted molar refractivity (Wildman–Crippen MR) is 83.5 cm³/mol. The van der Waals surface area contributed by atoms with Gasteiger partial charge in [-0.25, -0.2) is 0 Å². The van der Waals surface area contributed by atoms with Gasteiger partial charge in [0.15, 0.2) is 0 Å². The lowest BCUT2D eigenvalue weighted by atomic mass is 10.1. The summed E-state index contributed by atoms with van der Waals surface area (Å²) in [6, 6.07) is 14.5. The van der Waals surface area contributed by atoms with E-state index in [0.717, 1.165) is 11.6 Å². The van der Waals surface area contributed by atoms with Crippen LogP contribution in [0.25, 0.3) is 0 Å². The van der Waals surface area contributed by atoms with Gasteiger partial charge < -0.3 is 10.2 Å². The van der Waals surface area contributed by atoms with E-state index in [2.05, 4.69) is 54.5 Å². The van der Waals surface area contributed by atoms with Crippen molar-refractivity contribution in [2.75, 3.05) is 19.0 Å². The molecule has 0 heterocycles. The van der Waals surface area contributed by atoms with Crippen molar-refractivity contribution in [2.45, 2.75) is 13.5 Å². The molecule has 0 atom stereocenters. The normalized spacial score (nSPS) is 10.5. The van der Waals surface area contributed by atoms with Crippen molar-refractivity contribution in [1.29, 1.82) is 0 Å². The SMILES string of the molecule is CNCc1cc(Cl)ccc1N(C)c1ccc(C)cc1. The maximum atomic E-state index is 6.08. The van der Waals surface area contributed by atoms with Crippen molar-refractivity contribution < 1.29 is 0 Å². The highest BCUT2D eigenvalue weighted by atomic mass is 35.5. The molecule has 0 aliphatic carbocycles. The molecule has 0 fully saturated rings. The molecule has 0 unspecified atom stereocenters. The van der Waals surface area contributed by atoms with E-state index in [4.69, 9.17) is 11.6 Å². The first-order chi connectivity index (χ1) is 9.11. The van der Waals surface area contributed by atoms with Crippen LogP contribution in [0.1, 0.15) is 11.1 Å². The Hall–Kier alpha value is -1.51. The summed E-state index contributed by atoms with van der Waals surface area (Å²) in [6.45, 7) is 2.89. The number of nitrogens with one attached hydrogen (secondary N) is 1. The third-order valence-corrected chi connectivity index (χ3v) is 3.43. The number of benzene rings is 2. The molecule has 19 heavy (non-hydrogen) atoms. The summed E-state index contributed by atoms with van der Waals surface area (Å²) >= 11 is 6.08. The first-order valence-corrected chi connectivity index (χ1v) is 6.73. The average Bonchev–Trinajstić information content (AvgIpc) is 2.39. The molecule has 2 nitrogen and oxygen atoms in total. The van der Waals surface area contributed by atoms with Crippen LogP contribution in [0.2, 0.25) is 5.02 Å². The van der Waals surface area contributed by atoms with E-state index in [1.807, 2.05) is 19.2 Å². The summed E-state index contributed by atoms with van der Waals surface area (Å²) in [5.41, 5.74) is 4.80. The van der Waals surface area contributed by atoms with Gasteiger partial charge in [-0.15, -0.1) is 0 Å².